The zero-order valence-corrected chi connectivity index (χ0v) is 8.89. The molecule has 0 spiro atoms. The maximum Gasteiger partial charge on any atom is 0.130 e. The molecule has 0 N–H and O–H groups in total. The molecule has 0 aromatic heterocycles. The first-order valence-electron chi connectivity index (χ1n) is 5.43. The minimum absolute atomic E-state index is 0.894. The summed E-state index contributed by atoms with van der Waals surface area (Å²) in [5, 5.41) is 0. The topological polar surface area (TPSA) is 9.23 Å². The van der Waals surface area contributed by atoms with Gasteiger partial charge in [0.05, 0.1) is 0 Å². The van der Waals surface area contributed by atoms with Crippen LogP contribution in [-0.2, 0) is 6.42 Å². The monoisotopic (exact) mass is 208 g/mol. The molecule has 0 saturated carbocycles. The summed E-state index contributed by atoms with van der Waals surface area (Å²) in [4.78, 5) is 0. The van der Waals surface area contributed by atoms with Crippen LogP contribution >= 0.6 is 0 Å². The molecule has 0 bridgehead atoms. The van der Waals surface area contributed by atoms with Crippen LogP contribution < -0.4 is 4.74 Å². The van der Waals surface area contributed by atoms with Crippen LogP contribution in [0.4, 0.5) is 0 Å². The fraction of sp³-hybridized carbons (Fsp3) is 0.0667. The highest BCUT2D eigenvalue weighted by molar-refractivity contribution is 5.56. The highest BCUT2D eigenvalue weighted by Crippen LogP contribution is 2.31. The molecular formula is C15H12O. The lowest BCUT2D eigenvalue weighted by molar-refractivity contribution is 0.451. The summed E-state index contributed by atoms with van der Waals surface area (Å²) in [6.07, 6.45) is 2.99. The third-order valence-electron chi connectivity index (χ3n) is 2.71. The van der Waals surface area contributed by atoms with E-state index in [2.05, 4.69) is 24.3 Å². The van der Waals surface area contributed by atoms with Gasteiger partial charge in [0.2, 0.25) is 0 Å². The molecule has 0 amide bonds. The van der Waals surface area contributed by atoms with Gasteiger partial charge in [0.25, 0.3) is 0 Å². The van der Waals surface area contributed by atoms with E-state index in [1.165, 1.54) is 11.1 Å². The summed E-state index contributed by atoms with van der Waals surface area (Å²) in [7, 11) is 0. The summed E-state index contributed by atoms with van der Waals surface area (Å²) in [6.45, 7) is 0. The molecule has 1 nitrogen and oxygen atoms in total. The predicted octanol–water partition coefficient (Wildman–Crippen LogP) is 3.66. The maximum atomic E-state index is 5.77. The van der Waals surface area contributed by atoms with Gasteiger partial charge in [-0.25, -0.2) is 0 Å². The van der Waals surface area contributed by atoms with Gasteiger partial charge >= 0.3 is 0 Å². The fourth-order valence-electron chi connectivity index (χ4n) is 1.93. The van der Waals surface area contributed by atoms with E-state index in [9.17, 15) is 0 Å². The fourth-order valence-corrected chi connectivity index (χ4v) is 1.93. The maximum absolute atomic E-state index is 5.77. The molecule has 1 heteroatoms. The van der Waals surface area contributed by atoms with E-state index in [0.717, 1.165) is 17.9 Å². The normalized spacial score (nSPS) is 15.9. The van der Waals surface area contributed by atoms with E-state index in [1.54, 1.807) is 0 Å². The van der Waals surface area contributed by atoms with Crippen LogP contribution in [0.2, 0.25) is 0 Å². The minimum Gasteiger partial charge on any atom is -0.461 e. The molecule has 2 aromatic carbocycles. The van der Waals surface area contributed by atoms with Gasteiger partial charge in [-0.1, -0.05) is 48.5 Å². The third-order valence-corrected chi connectivity index (χ3v) is 2.71. The SMILES string of the molecule is C(=C1Cc2ccccc2O1)c1ccccc1. The molecule has 0 saturated heterocycles. The van der Waals surface area contributed by atoms with Crippen LogP contribution in [0, 0.1) is 0 Å². The van der Waals surface area contributed by atoms with Gasteiger partial charge in [0.15, 0.2) is 0 Å². The Hall–Kier alpha value is -2.02. The number of rotatable bonds is 1. The van der Waals surface area contributed by atoms with Crippen molar-refractivity contribution in [2.24, 2.45) is 0 Å². The average molecular weight is 208 g/mol. The highest BCUT2D eigenvalue weighted by Gasteiger charge is 2.15. The molecule has 2 aromatic rings. The lowest BCUT2D eigenvalue weighted by Crippen LogP contribution is -1.87. The Morgan fingerprint density at radius 2 is 1.62 bits per heavy atom. The van der Waals surface area contributed by atoms with Gasteiger partial charge in [-0.05, 0) is 17.7 Å². The van der Waals surface area contributed by atoms with Gasteiger partial charge in [-0.3, -0.25) is 0 Å². The van der Waals surface area contributed by atoms with Crippen molar-refractivity contribution in [3.63, 3.8) is 0 Å². The zero-order chi connectivity index (χ0) is 10.8. The molecule has 1 heterocycles. The van der Waals surface area contributed by atoms with Crippen molar-refractivity contribution in [3.8, 4) is 5.75 Å². The Labute approximate surface area is 95.0 Å². The largest absolute Gasteiger partial charge is 0.461 e. The highest BCUT2D eigenvalue weighted by atomic mass is 16.5. The standard InChI is InChI=1S/C15H12O/c1-2-6-12(7-3-1)10-14-11-13-8-4-5-9-15(13)16-14/h1-10H,11H2. The van der Waals surface area contributed by atoms with Crippen LogP contribution in [0.3, 0.4) is 0 Å². The Bertz CT molecular complexity index is 499. The molecule has 0 unspecified atom stereocenters. The number of ether oxygens (including phenoxy) is 1. The van der Waals surface area contributed by atoms with Crippen molar-refractivity contribution < 1.29 is 4.74 Å². The smallest absolute Gasteiger partial charge is 0.130 e. The van der Waals surface area contributed by atoms with Crippen LogP contribution in [0.25, 0.3) is 6.08 Å². The lowest BCUT2D eigenvalue weighted by Gasteiger charge is -1.99. The van der Waals surface area contributed by atoms with Crippen LogP contribution in [0.5, 0.6) is 5.75 Å². The van der Waals surface area contributed by atoms with Gasteiger partial charge in [-0.15, -0.1) is 0 Å². The summed E-state index contributed by atoms with van der Waals surface area (Å²) < 4.78 is 5.77. The average Bonchev–Trinajstić information content (AvgIpc) is 2.72. The van der Waals surface area contributed by atoms with E-state index in [4.69, 9.17) is 4.74 Å². The first-order chi connectivity index (χ1) is 7.92. The second-order valence-corrected chi connectivity index (χ2v) is 3.91. The molecule has 0 radical (unpaired) electrons. The van der Waals surface area contributed by atoms with Crippen LogP contribution in [0.1, 0.15) is 11.1 Å². The Morgan fingerprint density at radius 1 is 0.875 bits per heavy atom. The molecule has 1 aliphatic heterocycles. The van der Waals surface area contributed by atoms with Crippen molar-refractivity contribution in [2.75, 3.05) is 0 Å². The predicted molar refractivity (Wildman–Crippen MR) is 65.2 cm³/mol. The lowest BCUT2D eigenvalue weighted by atomic mass is 10.1. The van der Waals surface area contributed by atoms with Crippen molar-refractivity contribution in [1.82, 2.24) is 0 Å². The van der Waals surface area contributed by atoms with E-state index >= 15 is 0 Å². The van der Waals surface area contributed by atoms with Crippen molar-refractivity contribution >= 4 is 6.08 Å². The Balaban J connectivity index is 1.89. The number of benzene rings is 2. The Kier molecular flexibility index (Phi) is 2.22. The quantitative estimate of drug-likeness (QED) is 0.695. The van der Waals surface area contributed by atoms with E-state index < -0.39 is 0 Å². The molecule has 78 valence electrons. The molecular weight excluding hydrogens is 196 g/mol. The van der Waals surface area contributed by atoms with Crippen molar-refractivity contribution in [2.45, 2.75) is 6.42 Å². The van der Waals surface area contributed by atoms with Gasteiger partial charge in [0, 0.05) is 12.0 Å². The summed E-state index contributed by atoms with van der Waals surface area (Å²) in [6, 6.07) is 18.4. The van der Waals surface area contributed by atoms with E-state index in [0.29, 0.717) is 0 Å². The van der Waals surface area contributed by atoms with Gasteiger partial charge in [0.1, 0.15) is 11.5 Å². The first-order valence-corrected chi connectivity index (χ1v) is 5.43. The second-order valence-electron chi connectivity index (χ2n) is 3.91. The third kappa shape index (κ3) is 1.72. The number of allylic oxidation sites excluding steroid dienone is 1. The number of hydrogen-bond donors (Lipinski definition) is 0. The van der Waals surface area contributed by atoms with Gasteiger partial charge < -0.3 is 4.74 Å². The summed E-state index contributed by atoms with van der Waals surface area (Å²) >= 11 is 0. The number of fused-ring (bicyclic) bond motifs is 1. The molecule has 0 aliphatic carbocycles. The molecule has 0 atom stereocenters. The van der Waals surface area contributed by atoms with Crippen LogP contribution in [-0.4, -0.2) is 0 Å². The first kappa shape index (κ1) is 9.22. The van der Waals surface area contributed by atoms with Crippen LogP contribution in [0.15, 0.2) is 60.4 Å². The second kappa shape index (κ2) is 3.86. The minimum atomic E-state index is 0.894. The molecule has 1 aliphatic rings. The Morgan fingerprint density at radius 3 is 2.44 bits per heavy atom. The molecule has 16 heavy (non-hydrogen) atoms. The number of para-hydroxylation sites is 1. The molecule has 0 fully saturated rings. The zero-order valence-electron chi connectivity index (χ0n) is 8.89. The van der Waals surface area contributed by atoms with Crippen molar-refractivity contribution in [1.29, 1.82) is 0 Å². The van der Waals surface area contributed by atoms with Gasteiger partial charge in [-0.2, -0.15) is 0 Å². The summed E-state index contributed by atoms with van der Waals surface area (Å²) in [5.74, 6) is 2.01. The molecule has 3 rings (SSSR count). The van der Waals surface area contributed by atoms with Crippen molar-refractivity contribution in [3.05, 3.63) is 71.5 Å². The van der Waals surface area contributed by atoms with E-state index in [1.807, 2.05) is 36.4 Å². The number of hydrogen-bond acceptors (Lipinski definition) is 1. The summed E-state index contributed by atoms with van der Waals surface area (Å²) in [5.41, 5.74) is 2.45. The van der Waals surface area contributed by atoms with E-state index in [-0.39, 0.29) is 0 Å².